The number of unbranched alkanes of at least 4 members (excludes halogenated alkanes) is 12. The summed E-state index contributed by atoms with van der Waals surface area (Å²) in [6.07, 6.45) is 10.1. The Morgan fingerprint density at radius 3 is 2.11 bits per heavy atom. The average molecular weight is 782 g/mol. The van der Waals surface area contributed by atoms with Crippen molar-refractivity contribution in [3.8, 4) is 17.2 Å². The number of hydrogen-bond donors (Lipinski definition) is 6. The van der Waals surface area contributed by atoms with Crippen molar-refractivity contribution in [3.63, 3.8) is 0 Å². The molecule has 13 heteroatoms. The second kappa shape index (κ2) is 19.5. The summed E-state index contributed by atoms with van der Waals surface area (Å²) in [4.78, 5) is 53.6. The molecular weight excluding hydrogens is 722 g/mol. The molecule has 6 atom stereocenters. The number of carbonyl (C=O) groups excluding carboxylic acids is 4. The van der Waals surface area contributed by atoms with E-state index in [9.17, 15) is 44.7 Å². The topological polar surface area (TPSA) is 209 Å². The highest BCUT2D eigenvalue weighted by Crippen LogP contribution is 2.52. The Balaban J connectivity index is 1.26. The maximum Gasteiger partial charge on any atom is 0.220 e. The van der Waals surface area contributed by atoms with Crippen molar-refractivity contribution in [3.05, 3.63) is 51.6 Å². The van der Waals surface area contributed by atoms with Crippen LogP contribution in [0.1, 0.15) is 166 Å². The lowest BCUT2D eigenvalue weighted by molar-refractivity contribution is -0.249. The predicted molar refractivity (Wildman–Crippen MR) is 206 cm³/mol. The number of aliphatic hydroxyl groups excluding tert-OH is 2. The summed E-state index contributed by atoms with van der Waals surface area (Å²) in [6.45, 7) is 2.78. The van der Waals surface area contributed by atoms with Crippen molar-refractivity contribution in [2.75, 3.05) is 13.7 Å². The monoisotopic (exact) mass is 781 g/mol. The van der Waals surface area contributed by atoms with Crippen LogP contribution in [0.5, 0.6) is 17.2 Å². The van der Waals surface area contributed by atoms with Crippen LogP contribution in [-0.4, -0.2) is 92.6 Å². The van der Waals surface area contributed by atoms with Gasteiger partial charge in [-0.2, -0.15) is 0 Å². The fraction of sp³-hybridized carbons (Fsp3) is 0.628. The lowest BCUT2D eigenvalue weighted by Gasteiger charge is -2.43. The van der Waals surface area contributed by atoms with Gasteiger partial charge < -0.3 is 45.1 Å². The zero-order chi connectivity index (χ0) is 40.6. The van der Waals surface area contributed by atoms with E-state index in [-0.39, 0.29) is 46.8 Å². The van der Waals surface area contributed by atoms with E-state index in [0.717, 1.165) is 19.3 Å². The van der Waals surface area contributed by atoms with E-state index in [1.165, 1.54) is 83.1 Å². The van der Waals surface area contributed by atoms with E-state index in [2.05, 4.69) is 12.2 Å². The fourth-order valence-corrected chi connectivity index (χ4v) is 8.44. The maximum absolute atomic E-state index is 13.9. The number of aromatic hydroxyl groups is 2. The molecule has 1 saturated heterocycles. The first kappa shape index (κ1) is 43.2. The fourth-order valence-electron chi connectivity index (χ4n) is 8.44. The maximum atomic E-state index is 13.9. The molecule has 1 aliphatic heterocycles. The summed E-state index contributed by atoms with van der Waals surface area (Å²) in [6, 6.07) is 3.59. The minimum atomic E-state index is -2.30. The number of aliphatic hydroxyl groups is 3. The van der Waals surface area contributed by atoms with Gasteiger partial charge in [0.25, 0.3) is 0 Å². The Hall–Kier alpha value is -3.88. The predicted octanol–water partition coefficient (Wildman–Crippen LogP) is 5.64. The minimum absolute atomic E-state index is 0.0479. The molecule has 1 heterocycles. The summed E-state index contributed by atoms with van der Waals surface area (Å²) in [5.41, 5.74) is -3.78. The molecule has 6 N–H and O–H groups in total. The SMILES string of the molecule is CCCCCCCCCCCCCCCC(=O)N[C@H]1C[C@H](O[C@H]2C[C@](O)(C(=O)CO)Cc3c(O)c4c(c(O)c32)C(=O)c2c(OC)cccc2C4=O)O[C@@H](C)[C@H]1O. The van der Waals surface area contributed by atoms with Gasteiger partial charge in [-0.15, -0.1) is 0 Å². The summed E-state index contributed by atoms with van der Waals surface area (Å²) < 4.78 is 17.6. The third-order valence-corrected chi connectivity index (χ3v) is 11.6. The molecule has 56 heavy (non-hydrogen) atoms. The quantitative estimate of drug-likeness (QED) is 0.0608. The number of fused-ring (bicyclic) bond motifs is 3. The molecule has 0 bridgehead atoms. The number of rotatable bonds is 20. The van der Waals surface area contributed by atoms with Gasteiger partial charge in [0.05, 0.1) is 42.0 Å². The van der Waals surface area contributed by atoms with E-state index in [0.29, 0.717) is 6.42 Å². The van der Waals surface area contributed by atoms with Crippen LogP contribution in [-0.2, 0) is 25.5 Å². The molecule has 0 saturated carbocycles. The van der Waals surface area contributed by atoms with Crippen molar-refractivity contribution < 1.29 is 58.9 Å². The van der Waals surface area contributed by atoms with E-state index in [1.807, 2.05) is 0 Å². The van der Waals surface area contributed by atoms with Gasteiger partial charge in [-0.25, -0.2) is 0 Å². The van der Waals surface area contributed by atoms with Gasteiger partial charge >= 0.3 is 0 Å². The van der Waals surface area contributed by atoms with Crippen LogP contribution in [0.4, 0.5) is 0 Å². The molecule has 1 fully saturated rings. The summed E-state index contributed by atoms with van der Waals surface area (Å²) in [5, 5.41) is 58.5. The van der Waals surface area contributed by atoms with Crippen LogP contribution in [0.25, 0.3) is 0 Å². The molecule has 0 unspecified atom stereocenters. The molecule has 2 aromatic carbocycles. The van der Waals surface area contributed by atoms with Crippen molar-refractivity contribution >= 4 is 23.3 Å². The Morgan fingerprint density at radius 2 is 1.50 bits per heavy atom. The van der Waals surface area contributed by atoms with Crippen molar-refractivity contribution in [2.45, 2.75) is 159 Å². The van der Waals surface area contributed by atoms with Gasteiger partial charge in [-0.3, -0.25) is 19.2 Å². The highest BCUT2D eigenvalue weighted by Gasteiger charge is 2.50. The molecule has 13 nitrogen and oxygen atoms in total. The third kappa shape index (κ3) is 9.45. The van der Waals surface area contributed by atoms with E-state index in [4.69, 9.17) is 14.2 Å². The molecular formula is C43H59NO12. The Kier molecular flexibility index (Phi) is 15.1. The lowest BCUT2D eigenvalue weighted by atomic mass is 9.72. The lowest BCUT2D eigenvalue weighted by Crippen LogP contribution is -2.55. The van der Waals surface area contributed by atoms with Gasteiger partial charge in [-0.05, 0) is 19.4 Å². The molecule has 0 spiro atoms. The minimum Gasteiger partial charge on any atom is -0.507 e. The number of amides is 1. The average Bonchev–Trinajstić information content (AvgIpc) is 3.18. The van der Waals surface area contributed by atoms with Crippen molar-refractivity contribution in [2.24, 2.45) is 0 Å². The standard InChI is InChI=1S/C43H59NO12/c1-4-5-6-7-8-9-10-11-12-13-14-15-16-20-32(47)44-28-21-33(55-25(2)38(28)48)56-30-23-43(53,31(46)24-45)22-27-35(30)42(52)37-36(40(27)50)39(49)26-18-17-19-29(54-3)34(26)41(37)51/h17-19,25,28,30,33,38,45,48,50,52-53H,4-16,20-24H2,1-3H3,(H,44,47)/t25-,28-,30-,33-,38+,43-/m0/s1. The molecule has 308 valence electrons. The van der Waals surface area contributed by atoms with Crippen LogP contribution in [0, 0.1) is 0 Å². The Bertz CT molecular complexity index is 1740. The first-order chi connectivity index (χ1) is 26.9. The van der Waals surface area contributed by atoms with Gasteiger partial charge in [0.1, 0.15) is 35.6 Å². The van der Waals surface area contributed by atoms with Crippen LogP contribution < -0.4 is 10.1 Å². The van der Waals surface area contributed by atoms with Crippen molar-refractivity contribution in [1.82, 2.24) is 5.32 Å². The number of hydrogen-bond acceptors (Lipinski definition) is 12. The number of Topliss-reactive ketones (excluding diaryl/α,β-unsaturated/α-hetero) is 1. The molecule has 2 aromatic rings. The second-order valence-electron chi connectivity index (χ2n) is 15.7. The highest BCUT2D eigenvalue weighted by molar-refractivity contribution is 6.31. The molecule has 0 radical (unpaired) electrons. The highest BCUT2D eigenvalue weighted by atomic mass is 16.7. The van der Waals surface area contributed by atoms with Gasteiger partial charge in [-0.1, -0.05) is 96.1 Å². The Morgan fingerprint density at radius 1 is 0.893 bits per heavy atom. The van der Waals surface area contributed by atoms with E-state index in [1.54, 1.807) is 6.92 Å². The summed E-state index contributed by atoms with van der Waals surface area (Å²) in [7, 11) is 1.33. The summed E-state index contributed by atoms with van der Waals surface area (Å²) >= 11 is 0. The summed E-state index contributed by atoms with van der Waals surface area (Å²) in [5.74, 6) is -4.10. The normalized spacial score (nSPS) is 24.3. The number of carbonyl (C=O) groups is 4. The van der Waals surface area contributed by atoms with E-state index >= 15 is 0 Å². The molecule has 3 aliphatic rings. The van der Waals surface area contributed by atoms with Gasteiger partial charge in [0, 0.05) is 42.4 Å². The number of nitrogens with one attached hydrogen (secondary N) is 1. The van der Waals surface area contributed by atoms with Crippen LogP contribution >= 0.6 is 0 Å². The number of methoxy groups -OCH3 is 1. The number of ketones is 3. The first-order valence-electron chi connectivity index (χ1n) is 20.4. The zero-order valence-electron chi connectivity index (χ0n) is 32.9. The number of benzene rings is 2. The molecule has 1 amide bonds. The smallest absolute Gasteiger partial charge is 0.220 e. The largest absolute Gasteiger partial charge is 0.507 e. The van der Waals surface area contributed by atoms with Crippen LogP contribution in [0.2, 0.25) is 0 Å². The number of phenolic OH excluding ortho intramolecular Hbond substituents is 2. The Labute approximate surface area is 328 Å². The van der Waals surface area contributed by atoms with Gasteiger partial charge in [0.2, 0.25) is 11.7 Å². The second-order valence-corrected chi connectivity index (χ2v) is 15.7. The molecule has 0 aromatic heterocycles. The number of phenols is 2. The molecule has 5 rings (SSSR count). The van der Waals surface area contributed by atoms with Crippen LogP contribution in [0.15, 0.2) is 18.2 Å². The number of ether oxygens (including phenoxy) is 3. The molecule has 2 aliphatic carbocycles. The third-order valence-electron chi connectivity index (χ3n) is 11.6. The van der Waals surface area contributed by atoms with E-state index < -0.39 is 95.7 Å². The zero-order valence-corrected chi connectivity index (χ0v) is 32.9. The van der Waals surface area contributed by atoms with Gasteiger partial charge in [0.15, 0.2) is 17.9 Å². The van der Waals surface area contributed by atoms with Crippen molar-refractivity contribution in [1.29, 1.82) is 0 Å². The van der Waals surface area contributed by atoms with Crippen LogP contribution in [0.3, 0.4) is 0 Å². The first-order valence-corrected chi connectivity index (χ1v) is 20.4.